The lowest BCUT2D eigenvalue weighted by Crippen LogP contribution is -2.20. The third-order valence-corrected chi connectivity index (χ3v) is 2.30. The topological polar surface area (TPSA) is 99.9 Å². The summed E-state index contributed by atoms with van der Waals surface area (Å²) in [5.41, 5.74) is 0.499. The molecule has 0 aliphatic heterocycles. The summed E-state index contributed by atoms with van der Waals surface area (Å²) in [6.45, 7) is -0.224. The van der Waals surface area contributed by atoms with Crippen LogP contribution in [0.15, 0.2) is 18.3 Å². The molecule has 94 valence electrons. The van der Waals surface area contributed by atoms with E-state index in [1.54, 1.807) is 0 Å². The van der Waals surface area contributed by atoms with Gasteiger partial charge < -0.3 is 20.1 Å². The largest absolute Gasteiger partial charge is 0.465 e. The van der Waals surface area contributed by atoms with Crippen molar-refractivity contribution in [3.63, 3.8) is 0 Å². The summed E-state index contributed by atoms with van der Waals surface area (Å²) in [6, 6.07) is 2.88. The van der Waals surface area contributed by atoms with Gasteiger partial charge in [-0.25, -0.2) is 4.79 Å². The van der Waals surface area contributed by atoms with Crippen molar-refractivity contribution < 1.29 is 24.9 Å². The molecule has 17 heavy (non-hydrogen) atoms. The Morgan fingerprint density at radius 2 is 2.18 bits per heavy atom. The van der Waals surface area contributed by atoms with Crippen LogP contribution in [0.2, 0.25) is 0 Å². The molecule has 1 aromatic rings. The lowest BCUT2D eigenvalue weighted by molar-refractivity contribution is 0.00190. The summed E-state index contributed by atoms with van der Waals surface area (Å²) >= 11 is 0. The maximum absolute atomic E-state index is 11.1. The van der Waals surface area contributed by atoms with Crippen LogP contribution in [0.3, 0.4) is 0 Å². The molecule has 1 heterocycles. The number of carbonyl (C=O) groups is 1. The molecule has 0 saturated heterocycles. The molecule has 6 nitrogen and oxygen atoms in total. The van der Waals surface area contributed by atoms with Gasteiger partial charge in [0, 0.05) is 12.8 Å². The first-order chi connectivity index (χ1) is 8.10. The van der Waals surface area contributed by atoms with E-state index < -0.39 is 18.2 Å². The number of methoxy groups -OCH3 is 1. The quantitative estimate of drug-likeness (QED) is 0.609. The molecule has 1 aromatic heterocycles. The lowest BCUT2D eigenvalue weighted by Gasteiger charge is -2.16. The smallest absolute Gasteiger partial charge is 0.339 e. The van der Waals surface area contributed by atoms with Crippen molar-refractivity contribution in [1.82, 2.24) is 4.98 Å². The molecule has 0 spiro atoms. The van der Waals surface area contributed by atoms with Gasteiger partial charge in [-0.1, -0.05) is 0 Å². The number of hydrogen-bond acceptors (Lipinski definition) is 6. The third-order valence-electron chi connectivity index (χ3n) is 2.30. The van der Waals surface area contributed by atoms with Crippen molar-refractivity contribution in [2.45, 2.75) is 18.6 Å². The molecule has 6 heteroatoms. The van der Waals surface area contributed by atoms with Gasteiger partial charge in [0.05, 0.1) is 24.5 Å². The van der Waals surface area contributed by atoms with Crippen molar-refractivity contribution in [3.05, 3.63) is 29.6 Å². The third kappa shape index (κ3) is 3.48. The van der Waals surface area contributed by atoms with Crippen LogP contribution in [0, 0.1) is 0 Å². The zero-order chi connectivity index (χ0) is 12.8. The first-order valence-electron chi connectivity index (χ1n) is 5.11. The Labute approximate surface area is 98.5 Å². The Bertz CT molecular complexity index is 365. The van der Waals surface area contributed by atoms with Crippen molar-refractivity contribution >= 4 is 5.97 Å². The van der Waals surface area contributed by atoms with Gasteiger partial charge in [0.2, 0.25) is 0 Å². The monoisotopic (exact) mass is 241 g/mol. The van der Waals surface area contributed by atoms with Crippen molar-refractivity contribution in [1.29, 1.82) is 0 Å². The second kappa shape index (κ2) is 6.29. The van der Waals surface area contributed by atoms with E-state index >= 15 is 0 Å². The van der Waals surface area contributed by atoms with Gasteiger partial charge in [0.25, 0.3) is 0 Å². The maximum atomic E-state index is 11.1. The number of aromatic nitrogens is 1. The number of carbonyl (C=O) groups excluding carboxylic acids is 1. The fourth-order valence-electron chi connectivity index (χ4n) is 1.31. The van der Waals surface area contributed by atoms with E-state index in [1.165, 1.54) is 25.4 Å². The minimum Gasteiger partial charge on any atom is -0.465 e. The van der Waals surface area contributed by atoms with E-state index in [4.69, 9.17) is 5.11 Å². The SMILES string of the molecule is COC(=O)c1ccc(C(O)C(O)CCO)nc1. The Balaban J connectivity index is 2.76. The molecule has 0 aliphatic carbocycles. The Morgan fingerprint density at radius 1 is 1.47 bits per heavy atom. The number of hydrogen-bond donors (Lipinski definition) is 3. The second-order valence-corrected chi connectivity index (χ2v) is 3.49. The van der Waals surface area contributed by atoms with Crippen LogP contribution >= 0.6 is 0 Å². The predicted octanol–water partition coefficient (Wildman–Crippen LogP) is -0.355. The van der Waals surface area contributed by atoms with E-state index in [0.29, 0.717) is 0 Å². The van der Waals surface area contributed by atoms with E-state index in [0.717, 1.165) is 0 Å². The highest BCUT2D eigenvalue weighted by Crippen LogP contribution is 2.17. The summed E-state index contributed by atoms with van der Waals surface area (Å²) in [6.07, 6.45) is -0.956. The standard InChI is InChI=1S/C11H15NO5/c1-17-11(16)7-2-3-8(12-6-7)10(15)9(14)4-5-13/h2-3,6,9-10,13-15H,4-5H2,1H3. The molecule has 1 rings (SSSR count). The van der Waals surface area contributed by atoms with Crippen LogP contribution in [0.25, 0.3) is 0 Å². The van der Waals surface area contributed by atoms with E-state index in [-0.39, 0.29) is 24.3 Å². The van der Waals surface area contributed by atoms with Gasteiger partial charge in [-0.2, -0.15) is 0 Å². The van der Waals surface area contributed by atoms with Crippen LogP contribution in [0.1, 0.15) is 28.6 Å². The Kier molecular flexibility index (Phi) is 5.02. The van der Waals surface area contributed by atoms with E-state index in [9.17, 15) is 15.0 Å². The number of aliphatic hydroxyl groups excluding tert-OH is 3. The van der Waals surface area contributed by atoms with E-state index in [1.807, 2.05) is 0 Å². The molecule has 0 bridgehead atoms. The minimum absolute atomic E-state index is 0.0571. The molecule has 0 radical (unpaired) electrons. The fourth-order valence-corrected chi connectivity index (χ4v) is 1.31. The zero-order valence-electron chi connectivity index (χ0n) is 9.41. The molecular formula is C11H15NO5. The van der Waals surface area contributed by atoms with Crippen LogP contribution in [-0.2, 0) is 4.74 Å². The maximum Gasteiger partial charge on any atom is 0.339 e. The second-order valence-electron chi connectivity index (χ2n) is 3.49. The van der Waals surface area contributed by atoms with Gasteiger partial charge in [-0.3, -0.25) is 4.98 Å². The number of aliphatic hydroxyl groups is 3. The number of rotatable bonds is 5. The molecule has 2 unspecified atom stereocenters. The lowest BCUT2D eigenvalue weighted by atomic mass is 10.1. The molecular weight excluding hydrogens is 226 g/mol. The van der Waals surface area contributed by atoms with Crippen molar-refractivity contribution in [2.75, 3.05) is 13.7 Å². The van der Waals surface area contributed by atoms with Crippen LogP contribution in [0.5, 0.6) is 0 Å². The van der Waals surface area contributed by atoms with Gasteiger partial charge in [-0.05, 0) is 18.6 Å². The number of esters is 1. The average Bonchev–Trinajstić information content (AvgIpc) is 2.37. The van der Waals surface area contributed by atoms with Gasteiger partial charge in [-0.15, -0.1) is 0 Å². The summed E-state index contributed by atoms with van der Waals surface area (Å²) in [7, 11) is 1.26. The number of ether oxygens (including phenoxy) is 1. The Hall–Kier alpha value is -1.50. The van der Waals surface area contributed by atoms with Crippen molar-refractivity contribution in [2.24, 2.45) is 0 Å². The zero-order valence-corrected chi connectivity index (χ0v) is 9.41. The number of nitrogens with zero attached hydrogens (tertiary/aromatic N) is 1. The summed E-state index contributed by atoms with van der Waals surface area (Å²) in [5, 5.41) is 27.7. The molecule has 2 atom stereocenters. The summed E-state index contributed by atoms with van der Waals surface area (Å²) in [5.74, 6) is -0.519. The van der Waals surface area contributed by atoms with Crippen LogP contribution < -0.4 is 0 Å². The molecule has 3 N–H and O–H groups in total. The van der Waals surface area contributed by atoms with Gasteiger partial charge in [0.15, 0.2) is 0 Å². The number of pyridine rings is 1. The fraction of sp³-hybridized carbons (Fsp3) is 0.455. The molecule has 0 amide bonds. The molecule has 0 fully saturated rings. The Morgan fingerprint density at radius 3 is 2.65 bits per heavy atom. The molecule has 0 saturated carbocycles. The average molecular weight is 241 g/mol. The first kappa shape index (κ1) is 13.6. The highest BCUT2D eigenvalue weighted by atomic mass is 16.5. The van der Waals surface area contributed by atoms with Crippen LogP contribution in [-0.4, -0.2) is 46.1 Å². The first-order valence-corrected chi connectivity index (χ1v) is 5.11. The molecule has 0 aromatic carbocycles. The predicted molar refractivity (Wildman–Crippen MR) is 58.2 cm³/mol. The van der Waals surface area contributed by atoms with Crippen molar-refractivity contribution in [3.8, 4) is 0 Å². The van der Waals surface area contributed by atoms with E-state index in [2.05, 4.69) is 9.72 Å². The van der Waals surface area contributed by atoms with Crippen LogP contribution in [0.4, 0.5) is 0 Å². The normalized spacial score (nSPS) is 14.1. The highest BCUT2D eigenvalue weighted by Gasteiger charge is 2.19. The summed E-state index contributed by atoms with van der Waals surface area (Å²) in [4.78, 5) is 15.0. The van der Waals surface area contributed by atoms with Gasteiger partial charge in [0.1, 0.15) is 6.10 Å². The summed E-state index contributed by atoms with van der Waals surface area (Å²) < 4.78 is 4.50. The van der Waals surface area contributed by atoms with Gasteiger partial charge >= 0.3 is 5.97 Å². The molecule has 0 aliphatic rings. The highest BCUT2D eigenvalue weighted by molar-refractivity contribution is 5.88. The minimum atomic E-state index is -1.19.